The quantitative estimate of drug-likeness (QED) is 0.736. The molecule has 6 nitrogen and oxygen atoms in total. The number of aliphatic hydroxyl groups excluding tert-OH is 1. The smallest absolute Gasteiger partial charge is 0.319 e. The maximum Gasteiger partial charge on any atom is 0.319 e. The highest BCUT2D eigenvalue weighted by Gasteiger charge is 2.37. The lowest BCUT2D eigenvalue weighted by atomic mass is 9.99. The first kappa shape index (κ1) is 13.8. The van der Waals surface area contributed by atoms with Crippen LogP contribution in [-0.2, 0) is 4.79 Å². The van der Waals surface area contributed by atoms with Crippen LogP contribution in [-0.4, -0.2) is 64.8 Å². The molecular weight excluding hydrogens is 224 g/mol. The summed E-state index contributed by atoms with van der Waals surface area (Å²) in [5.74, 6) is -1.37. The van der Waals surface area contributed by atoms with Crippen molar-refractivity contribution < 1.29 is 19.8 Å². The molecule has 0 aliphatic carbocycles. The second kappa shape index (κ2) is 5.35. The van der Waals surface area contributed by atoms with Gasteiger partial charge in [0.2, 0.25) is 0 Å². The van der Waals surface area contributed by atoms with E-state index in [0.717, 1.165) is 0 Å². The molecule has 1 fully saturated rings. The minimum Gasteiger partial charge on any atom is -0.481 e. The summed E-state index contributed by atoms with van der Waals surface area (Å²) in [5, 5.41) is 18.2. The summed E-state index contributed by atoms with van der Waals surface area (Å²) >= 11 is 0. The molecule has 0 aromatic carbocycles. The van der Waals surface area contributed by atoms with Crippen LogP contribution in [0.3, 0.4) is 0 Å². The molecule has 1 heterocycles. The van der Waals surface area contributed by atoms with Gasteiger partial charge in [0.15, 0.2) is 0 Å². The fourth-order valence-corrected chi connectivity index (χ4v) is 2.16. The van der Waals surface area contributed by atoms with Crippen LogP contribution in [0.1, 0.15) is 13.8 Å². The lowest BCUT2D eigenvalue weighted by molar-refractivity contribution is -0.142. The predicted octanol–water partition coefficient (Wildman–Crippen LogP) is 0.0715. The molecule has 3 atom stereocenters. The van der Waals surface area contributed by atoms with Crippen LogP contribution in [0.4, 0.5) is 4.79 Å². The summed E-state index contributed by atoms with van der Waals surface area (Å²) in [6.45, 7) is 4.40. The molecule has 1 saturated heterocycles. The van der Waals surface area contributed by atoms with Crippen molar-refractivity contribution in [3.05, 3.63) is 0 Å². The van der Waals surface area contributed by atoms with Crippen LogP contribution in [0.5, 0.6) is 0 Å². The van der Waals surface area contributed by atoms with E-state index in [1.807, 2.05) is 6.92 Å². The molecular formula is C11H20N2O4. The number of rotatable bonds is 3. The van der Waals surface area contributed by atoms with Crippen molar-refractivity contribution in [3.8, 4) is 0 Å². The molecule has 0 spiro atoms. The van der Waals surface area contributed by atoms with Gasteiger partial charge in [-0.25, -0.2) is 4.79 Å². The molecule has 6 heteroatoms. The molecule has 0 aromatic heterocycles. The molecule has 3 unspecified atom stereocenters. The van der Waals surface area contributed by atoms with Gasteiger partial charge >= 0.3 is 12.0 Å². The Hall–Kier alpha value is -1.30. The number of hydrogen-bond donors (Lipinski definition) is 2. The van der Waals surface area contributed by atoms with Gasteiger partial charge in [-0.3, -0.25) is 4.79 Å². The Labute approximate surface area is 101 Å². The minimum absolute atomic E-state index is 0.0311. The van der Waals surface area contributed by atoms with E-state index >= 15 is 0 Å². The van der Waals surface area contributed by atoms with Gasteiger partial charge in [-0.05, 0) is 12.8 Å². The van der Waals surface area contributed by atoms with Crippen molar-refractivity contribution >= 4 is 12.0 Å². The van der Waals surface area contributed by atoms with Crippen LogP contribution in [0.15, 0.2) is 0 Å². The second-order valence-corrected chi connectivity index (χ2v) is 4.84. The second-order valence-electron chi connectivity index (χ2n) is 4.84. The maximum atomic E-state index is 11.9. The maximum absolute atomic E-state index is 11.9. The van der Waals surface area contributed by atoms with Gasteiger partial charge in [0.1, 0.15) is 0 Å². The van der Waals surface area contributed by atoms with Crippen molar-refractivity contribution in [3.63, 3.8) is 0 Å². The number of aliphatic hydroxyl groups is 1. The number of amides is 2. The highest BCUT2D eigenvalue weighted by atomic mass is 16.4. The standard InChI is InChI=1S/C11H20N2O4/c1-7-4-13(6-9(7)10(15)16)11(17)12(3)5-8(2)14/h7-9,14H,4-6H2,1-3H3,(H,15,16). The van der Waals surface area contributed by atoms with Crippen LogP contribution in [0.25, 0.3) is 0 Å². The molecule has 0 saturated carbocycles. The number of carbonyl (C=O) groups excluding carboxylic acids is 1. The van der Waals surface area contributed by atoms with E-state index in [2.05, 4.69) is 0 Å². The Morgan fingerprint density at radius 2 is 2.06 bits per heavy atom. The number of urea groups is 1. The van der Waals surface area contributed by atoms with Gasteiger partial charge in [-0.2, -0.15) is 0 Å². The van der Waals surface area contributed by atoms with Gasteiger partial charge in [0.25, 0.3) is 0 Å². The van der Waals surface area contributed by atoms with E-state index in [1.165, 1.54) is 9.80 Å². The lowest BCUT2D eigenvalue weighted by Crippen LogP contribution is -2.43. The van der Waals surface area contributed by atoms with E-state index in [9.17, 15) is 14.7 Å². The zero-order valence-electron chi connectivity index (χ0n) is 10.5. The molecule has 1 aliphatic heterocycles. The average molecular weight is 244 g/mol. The summed E-state index contributed by atoms with van der Waals surface area (Å²) in [6, 6.07) is -0.221. The third kappa shape index (κ3) is 3.33. The zero-order chi connectivity index (χ0) is 13.2. The average Bonchev–Trinajstić information content (AvgIpc) is 2.58. The molecule has 1 aliphatic rings. The highest BCUT2D eigenvalue weighted by Crippen LogP contribution is 2.23. The SMILES string of the molecule is CC(O)CN(C)C(=O)N1CC(C)C(C(=O)O)C1. The molecule has 98 valence electrons. The van der Waals surface area contributed by atoms with E-state index in [-0.39, 0.29) is 25.0 Å². The number of carbonyl (C=O) groups is 2. The van der Waals surface area contributed by atoms with E-state index in [0.29, 0.717) is 6.54 Å². The van der Waals surface area contributed by atoms with Gasteiger partial charge in [-0.1, -0.05) is 6.92 Å². The monoisotopic (exact) mass is 244 g/mol. The fraction of sp³-hybridized carbons (Fsp3) is 0.818. The Morgan fingerprint density at radius 1 is 1.47 bits per heavy atom. The number of carboxylic acids is 1. The van der Waals surface area contributed by atoms with Crippen LogP contribution in [0.2, 0.25) is 0 Å². The number of likely N-dealkylation sites (N-methyl/N-ethyl adjacent to an activating group) is 1. The van der Waals surface area contributed by atoms with Crippen LogP contribution >= 0.6 is 0 Å². The number of likely N-dealkylation sites (tertiary alicyclic amines) is 1. The van der Waals surface area contributed by atoms with Gasteiger partial charge in [0.05, 0.1) is 12.0 Å². The Balaban J connectivity index is 2.58. The summed E-state index contributed by atoms with van der Waals surface area (Å²) < 4.78 is 0. The predicted molar refractivity (Wildman–Crippen MR) is 61.6 cm³/mol. The van der Waals surface area contributed by atoms with Crippen molar-refractivity contribution in [1.29, 1.82) is 0 Å². The molecule has 1 rings (SSSR count). The summed E-state index contributed by atoms with van der Waals surface area (Å²) in [5.41, 5.74) is 0. The van der Waals surface area contributed by atoms with Gasteiger partial charge in [0, 0.05) is 26.7 Å². The third-order valence-electron chi connectivity index (χ3n) is 3.06. The third-order valence-corrected chi connectivity index (χ3v) is 3.06. The van der Waals surface area contributed by atoms with Crippen molar-refractivity contribution in [1.82, 2.24) is 9.80 Å². The Morgan fingerprint density at radius 3 is 2.47 bits per heavy atom. The van der Waals surface area contributed by atoms with Crippen LogP contribution in [0, 0.1) is 11.8 Å². The fourth-order valence-electron chi connectivity index (χ4n) is 2.16. The van der Waals surface area contributed by atoms with Gasteiger partial charge < -0.3 is 20.0 Å². The highest BCUT2D eigenvalue weighted by molar-refractivity contribution is 5.77. The van der Waals surface area contributed by atoms with Gasteiger partial charge in [-0.15, -0.1) is 0 Å². The minimum atomic E-state index is -0.856. The molecule has 0 aromatic rings. The van der Waals surface area contributed by atoms with Crippen molar-refractivity contribution in [2.75, 3.05) is 26.7 Å². The number of aliphatic carboxylic acids is 1. The summed E-state index contributed by atoms with van der Waals surface area (Å²) in [6.07, 6.45) is -0.584. The molecule has 0 radical (unpaired) electrons. The summed E-state index contributed by atoms with van der Waals surface area (Å²) in [4.78, 5) is 25.8. The van der Waals surface area contributed by atoms with E-state index < -0.39 is 18.0 Å². The van der Waals surface area contributed by atoms with Crippen molar-refractivity contribution in [2.24, 2.45) is 11.8 Å². The first-order chi connectivity index (χ1) is 7.82. The van der Waals surface area contributed by atoms with Crippen molar-refractivity contribution in [2.45, 2.75) is 20.0 Å². The summed E-state index contributed by atoms with van der Waals surface area (Å²) in [7, 11) is 1.60. The molecule has 0 bridgehead atoms. The number of nitrogens with zero attached hydrogens (tertiary/aromatic N) is 2. The molecule has 2 N–H and O–H groups in total. The first-order valence-corrected chi connectivity index (χ1v) is 5.73. The van der Waals surface area contributed by atoms with Crippen LogP contribution < -0.4 is 0 Å². The van der Waals surface area contributed by atoms with E-state index in [1.54, 1.807) is 14.0 Å². The zero-order valence-corrected chi connectivity index (χ0v) is 10.5. The first-order valence-electron chi connectivity index (χ1n) is 5.73. The Bertz CT molecular complexity index is 306. The van der Waals surface area contributed by atoms with E-state index in [4.69, 9.17) is 5.11 Å². The number of carboxylic acid groups (broad SMARTS) is 1. The number of hydrogen-bond acceptors (Lipinski definition) is 3. The normalized spacial score (nSPS) is 25.8. The molecule has 2 amide bonds. The molecule has 17 heavy (non-hydrogen) atoms. The lowest BCUT2D eigenvalue weighted by Gasteiger charge is -2.25. The Kier molecular flexibility index (Phi) is 4.34. The topological polar surface area (TPSA) is 81.1 Å². The largest absolute Gasteiger partial charge is 0.481 e.